The topological polar surface area (TPSA) is 71.1 Å². The Bertz CT molecular complexity index is 713. The van der Waals surface area contributed by atoms with Gasteiger partial charge in [0.05, 0.1) is 5.56 Å². The summed E-state index contributed by atoms with van der Waals surface area (Å²) in [6.45, 7) is 0. The van der Waals surface area contributed by atoms with Crippen LogP contribution in [0, 0.1) is 5.95 Å². The van der Waals surface area contributed by atoms with E-state index in [0.29, 0.717) is 18.5 Å². The lowest BCUT2D eigenvalue weighted by molar-refractivity contribution is -0.116. The number of aryl methyl sites for hydroxylation is 1. The van der Waals surface area contributed by atoms with Crippen molar-refractivity contribution in [1.29, 1.82) is 0 Å². The van der Waals surface area contributed by atoms with E-state index in [0.717, 1.165) is 17.3 Å². The second kappa shape index (κ2) is 5.32. The van der Waals surface area contributed by atoms with Gasteiger partial charge in [0.15, 0.2) is 0 Å². The van der Waals surface area contributed by atoms with E-state index >= 15 is 0 Å². The van der Waals surface area contributed by atoms with Crippen molar-refractivity contribution in [3.8, 4) is 0 Å². The first-order valence-electron chi connectivity index (χ1n) is 6.47. The Balaban J connectivity index is 1.77. The molecule has 1 aromatic carbocycles. The van der Waals surface area contributed by atoms with Crippen molar-refractivity contribution in [3.05, 3.63) is 53.6 Å². The fourth-order valence-electron chi connectivity index (χ4n) is 2.17. The molecule has 1 aliphatic heterocycles. The molecule has 3 rings (SSSR count). The van der Waals surface area contributed by atoms with E-state index in [1.807, 2.05) is 6.07 Å². The van der Waals surface area contributed by atoms with Gasteiger partial charge in [-0.15, -0.1) is 0 Å². The zero-order valence-corrected chi connectivity index (χ0v) is 11.0. The van der Waals surface area contributed by atoms with E-state index in [2.05, 4.69) is 15.6 Å². The Morgan fingerprint density at radius 1 is 1.24 bits per heavy atom. The monoisotopic (exact) mass is 285 g/mol. The SMILES string of the molecule is O=C1CCc2cc(NC(=O)c3ccc(F)nc3)ccc2N1. The molecular weight excluding hydrogens is 273 g/mol. The highest BCUT2D eigenvalue weighted by Gasteiger charge is 2.15. The molecule has 0 fully saturated rings. The Kier molecular flexibility index (Phi) is 3.35. The van der Waals surface area contributed by atoms with Crippen molar-refractivity contribution >= 4 is 23.2 Å². The number of anilines is 2. The summed E-state index contributed by atoms with van der Waals surface area (Å²) in [5, 5.41) is 5.50. The minimum absolute atomic E-state index is 0.00308. The predicted molar refractivity (Wildman–Crippen MR) is 75.5 cm³/mol. The van der Waals surface area contributed by atoms with E-state index in [4.69, 9.17) is 0 Å². The number of aromatic nitrogens is 1. The molecule has 2 N–H and O–H groups in total. The van der Waals surface area contributed by atoms with Crippen molar-refractivity contribution in [1.82, 2.24) is 4.98 Å². The Morgan fingerprint density at radius 2 is 2.10 bits per heavy atom. The highest BCUT2D eigenvalue weighted by atomic mass is 19.1. The van der Waals surface area contributed by atoms with Gasteiger partial charge in [-0.2, -0.15) is 4.39 Å². The van der Waals surface area contributed by atoms with Crippen LogP contribution in [0.15, 0.2) is 36.5 Å². The lowest BCUT2D eigenvalue weighted by atomic mass is 10.0. The van der Waals surface area contributed by atoms with Crippen LogP contribution in [0.5, 0.6) is 0 Å². The molecule has 1 aliphatic rings. The summed E-state index contributed by atoms with van der Waals surface area (Å²) in [7, 11) is 0. The number of pyridine rings is 1. The molecule has 5 nitrogen and oxygen atoms in total. The number of amides is 2. The number of hydrogen-bond acceptors (Lipinski definition) is 3. The number of carbonyl (C=O) groups is 2. The summed E-state index contributed by atoms with van der Waals surface area (Å²) < 4.78 is 12.7. The molecule has 0 saturated carbocycles. The van der Waals surface area contributed by atoms with Crippen LogP contribution in [0.25, 0.3) is 0 Å². The van der Waals surface area contributed by atoms with Crippen molar-refractivity contribution in [2.45, 2.75) is 12.8 Å². The quantitative estimate of drug-likeness (QED) is 0.832. The van der Waals surface area contributed by atoms with Gasteiger partial charge in [0.1, 0.15) is 0 Å². The lowest BCUT2D eigenvalue weighted by Crippen LogP contribution is -2.19. The maximum Gasteiger partial charge on any atom is 0.257 e. The van der Waals surface area contributed by atoms with Crippen LogP contribution in [0.2, 0.25) is 0 Å². The van der Waals surface area contributed by atoms with Gasteiger partial charge in [-0.3, -0.25) is 9.59 Å². The van der Waals surface area contributed by atoms with Gasteiger partial charge in [0, 0.05) is 24.0 Å². The van der Waals surface area contributed by atoms with Gasteiger partial charge in [0.25, 0.3) is 5.91 Å². The fraction of sp³-hybridized carbons (Fsp3) is 0.133. The van der Waals surface area contributed by atoms with Crippen LogP contribution in [-0.2, 0) is 11.2 Å². The molecule has 6 heteroatoms. The number of benzene rings is 1. The molecule has 0 atom stereocenters. The summed E-state index contributed by atoms with van der Waals surface area (Å²) in [4.78, 5) is 26.7. The van der Waals surface area contributed by atoms with Gasteiger partial charge in [-0.05, 0) is 42.3 Å². The normalized spacial score (nSPS) is 13.3. The molecule has 1 aromatic heterocycles. The van der Waals surface area contributed by atoms with Crippen LogP contribution in [0.3, 0.4) is 0 Å². The standard InChI is InChI=1S/C15H12FN3O2/c16-13-5-1-10(8-17-13)15(21)18-11-3-4-12-9(7-11)2-6-14(20)19-12/h1,3-5,7-8H,2,6H2,(H,18,21)(H,19,20). The maximum absolute atomic E-state index is 12.7. The molecule has 106 valence electrons. The van der Waals surface area contributed by atoms with Crippen molar-refractivity contribution in [3.63, 3.8) is 0 Å². The van der Waals surface area contributed by atoms with Crippen LogP contribution in [0.1, 0.15) is 22.3 Å². The number of carbonyl (C=O) groups excluding carboxylic acids is 2. The van der Waals surface area contributed by atoms with Crippen LogP contribution < -0.4 is 10.6 Å². The third-order valence-corrected chi connectivity index (χ3v) is 3.25. The third-order valence-electron chi connectivity index (χ3n) is 3.25. The lowest BCUT2D eigenvalue weighted by Gasteiger charge is -2.17. The number of fused-ring (bicyclic) bond motifs is 1. The number of halogens is 1. The van der Waals surface area contributed by atoms with Crippen molar-refractivity contribution in [2.75, 3.05) is 10.6 Å². The first-order valence-corrected chi connectivity index (χ1v) is 6.47. The van der Waals surface area contributed by atoms with E-state index in [1.54, 1.807) is 12.1 Å². The summed E-state index contributed by atoms with van der Waals surface area (Å²) in [6, 6.07) is 7.79. The number of hydrogen-bond donors (Lipinski definition) is 2. The third kappa shape index (κ3) is 2.89. The molecule has 21 heavy (non-hydrogen) atoms. The zero-order chi connectivity index (χ0) is 14.8. The van der Waals surface area contributed by atoms with E-state index in [-0.39, 0.29) is 17.4 Å². The van der Waals surface area contributed by atoms with Gasteiger partial charge in [-0.1, -0.05) is 0 Å². The largest absolute Gasteiger partial charge is 0.326 e. The molecule has 2 heterocycles. The van der Waals surface area contributed by atoms with E-state index in [9.17, 15) is 14.0 Å². The molecule has 0 aliphatic carbocycles. The summed E-state index contributed by atoms with van der Waals surface area (Å²) in [5.41, 5.74) is 2.65. The van der Waals surface area contributed by atoms with Gasteiger partial charge in [-0.25, -0.2) is 4.98 Å². The molecule has 0 saturated heterocycles. The van der Waals surface area contributed by atoms with Crippen LogP contribution >= 0.6 is 0 Å². The van der Waals surface area contributed by atoms with Gasteiger partial charge >= 0.3 is 0 Å². The average molecular weight is 285 g/mol. The highest BCUT2D eigenvalue weighted by Crippen LogP contribution is 2.25. The van der Waals surface area contributed by atoms with Crippen LogP contribution in [-0.4, -0.2) is 16.8 Å². The first kappa shape index (κ1) is 13.2. The number of nitrogens with zero attached hydrogens (tertiary/aromatic N) is 1. The second-order valence-electron chi connectivity index (χ2n) is 4.74. The summed E-state index contributed by atoms with van der Waals surface area (Å²) in [6.07, 6.45) is 2.26. The van der Waals surface area contributed by atoms with Crippen molar-refractivity contribution < 1.29 is 14.0 Å². The minimum atomic E-state index is -0.629. The Hall–Kier alpha value is -2.76. The second-order valence-corrected chi connectivity index (χ2v) is 4.74. The Labute approximate surface area is 120 Å². The Morgan fingerprint density at radius 3 is 2.86 bits per heavy atom. The van der Waals surface area contributed by atoms with E-state index < -0.39 is 5.95 Å². The smallest absolute Gasteiger partial charge is 0.257 e. The molecule has 0 spiro atoms. The molecular formula is C15H12FN3O2. The van der Waals surface area contributed by atoms with Gasteiger partial charge < -0.3 is 10.6 Å². The minimum Gasteiger partial charge on any atom is -0.326 e. The summed E-state index contributed by atoms with van der Waals surface area (Å²) in [5.74, 6) is -0.991. The highest BCUT2D eigenvalue weighted by molar-refractivity contribution is 6.04. The van der Waals surface area contributed by atoms with Gasteiger partial charge in [0.2, 0.25) is 11.9 Å². The fourth-order valence-corrected chi connectivity index (χ4v) is 2.17. The zero-order valence-electron chi connectivity index (χ0n) is 11.0. The molecule has 0 unspecified atom stereocenters. The molecule has 0 bridgehead atoms. The molecule has 2 aromatic rings. The average Bonchev–Trinajstić information content (AvgIpc) is 2.48. The predicted octanol–water partition coefficient (Wildman–Crippen LogP) is 2.36. The maximum atomic E-state index is 12.7. The molecule has 0 radical (unpaired) electrons. The number of nitrogens with one attached hydrogen (secondary N) is 2. The number of rotatable bonds is 2. The van der Waals surface area contributed by atoms with Crippen molar-refractivity contribution in [2.24, 2.45) is 0 Å². The van der Waals surface area contributed by atoms with Crippen LogP contribution in [0.4, 0.5) is 15.8 Å². The summed E-state index contributed by atoms with van der Waals surface area (Å²) >= 11 is 0. The first-order chi connectivity index (χ1) is 10.1. The van der Waals surface area contributed by atoms with E-state index in [1.165, 1.54) is 12.3 Å². The molecule has 2 amide bonds.